The number of aliphatic hydroxyl groups is 5. The van der Waals surface area contributed by atoms with Crippen molar-refractivity contribution in [3.8, 4) is 5.75 Å². The number of methoxy groups -OCH3 is 1. The van der Waals surface area contributed by atoms with Gasteiger partial charge in [-0.05, 0) is 29.8 Å². The smallest absolute Gasteiger partial charge is 0.330 e. The molecule has 3 fully saturated rings. The lowest BCUT2D eigenvalue weighted by Crippen LogP contribution is -2.60. The first-order chi connectivity index (χ1) is 17.8. The van der Waals surface area contributed by atoms with Gasteiger partial charge in [-0.3, -0.25) is 0 Å². The molecule has 12 nitrogen and oxygen atoms in total. The molecule has 3 heterocycles. The molecule has 37 heavy (non-hydrogen) atoms. The van der Waals surface area contributed by atoms with E-state index in [-0.39, 0.29) is 6.61 Å². The molecule has 0 bridgehead atoms. The average Bonchev–Trinajstić information content (AvgIpc) is 3.60. The number of benzene rings is 1. The zero-order chi connectivity index (χ0) is 26.3. The second-order valence-electron chi connectivity index (χ2n) is 9.47. The van der Waals surface area contributed by atoms with E-state index in [0.717, 1.165) is 5.56 Å². The van der Waals surface area contributed by atoms with Gasteiger partial charge in [0.2, 0.25) is 6.29 Å². The lowest BCUT2D eigenvalue weighted by atomic mass is 9.85. The van der Waals surface area contributed by atoms with Gasteiger partial charge in [-0.15, -0.1) is 0 Å². The zero-order valence-corrected chi connectivity index (χ0v) is 19.9. The number of hydrogen-bond acceptors (Lipinski definition) is 12. The summed E-state index contributed by atoms with van der Waals surface area (Å²) < 4.78 is 33.2. The fourth-order valence-electron chi connectivity index (χ4n) is 5.27. The van der Waals surface area contributed by atoms with E-state index < -0.39 is 79.2 Å². The molecule has 1 aromatic carbocycles. The van der Waals surface area contributed by atoms with E-state index >= 15 is 0 Å². The van der Waals surface area contributed by atoms with Crippen molar-refractivity contribution in [3.63, 3.8) is 0 Å². The van der Waals surface area contributed by atoms with E-state index in [1.807, 2.05) is 0 Å². The fourth-order valence-corrected chi connectivity index (χ4v) is 5.27. The first-order valence-corrected chi connectivity index (χ1v) is 11.9. The Hall–Kier alpha value is -2.55. The average molecular weight is 523 g/mol. The number of fused-ring (bicyclic) bond motifs is 3. The molecule has 0 unspecified atom stereocenters. The molecule has 202 valence electrons. The third-order valence-electron chi connectivity index (χ3n) is 7.35. The summed E-state index contributed by atoms with van der Waals surface area (Å²) in [5.74, 6) is -1.04. The van der Waals surface area contributed by atoms with Gasteiger partial charge in [0.05, 0.1) is 32.0 Å². The maximum absolute atomic E-state index is 12.4. The van der Waals surface area contributed by atoms with Crippen molar-refractivity contribution in [1.82, 2.24) is 0 Å². The number of epoxide rings is 1. The van der Waals surface area contributed by atoms with Crippen LogP contribution in [-0.2, 0) is 28.5 Å². The van der Waals surface area contributed by atoms with Crippen LogP contribution >= 0.6 is 0 Å². The predicted molar refractivity (Wildman–Crippen MR) is 122 cm³/mol. The number of carbonyl (C=O) groups is 1. The van der Waals surface area contributed by atoms with Crippen LogP contribution in [0.15, 0.2) is 42.7 Å². The minimum absolute atomic E-state index is 0.187. The van der Waals surface area contributed by atoms with Crippen LogP contribution in [-0.4, -0.2) is 107 Å². The molecular weight excluding hydrogens is 492 g/mol. The second kappa shape index (κ2) is 10.3. The van der Waals surface area contributed by atoms with Crippen molar-refractivity contribution in [2.45, 2.75) is 54.8 Å². The van der Waals surface area contributed by atoms with E-state index in [2.05, 4.69) is 0 Å². The number of hydrogen-bond donors (Lipinski definition) is 5. The zero-order valence-electron chi connectivity index (χ0n) is 19.9. The normalized spacial score (nSPS) is 42.1. The standard InChI is InChI=1S/C25H30O12/c1-32-13-5-2-12(3-6-13)4-7-16(27)34-11-25-17-14(18(28)22(25)37-25)8-9-33-23(17)36-24-21(31)20(30)19(29)15(10-26)35-24/h2-9,14-15,17-24,26,28-31H,10-11H2,1H3/b7-4+/t14-,15-,17-,18+,19-,20+,21-,22+,23+,24+,25-/m0/s1. The van der Waals surface area contributed by atoms with E-state index in [0.29, 0.717) is 5.75 Å². The predicted octanol–water partition coefficient (Wildman–Crippen LogP) is -1.32. The van der Waals surface area contributed by atoms with E-state index in [1.165, 1.54) is 12.3 Å². The molecule has 1 aliphatic carbocycles. The molecule has 2 saturated heterocycles. The summed E-state index contributed by atoms with van der Waals surface area (Å²) in [7, 11) is 1.56. The number of ether oxygens (including phenoxy) is 6. The van der Waals surface area contributed by atoms with Gasteiger partial charge in [0, 0.05) is 12.0 Å². The number of rotatable bonds is 8. The summed E-state index contributed by atoms with van der Waals surface area (Å²) in [4.78, 5) is 12.4. The Bertz CT molecular complexity index is 1030. The summed E-state index contributed by atoms with van der Waals surface area (Å²) in [5.41, 5.74) is -0.330. The second-order valence-corrected chi connectivity index (χ2v) is 9.47. The van der Waals surface area contributed by atoms with Crippen LogP contribution in [0.1, 0.15) is 5.56 Å². The lowest BCUT2D eigenvalue weighted by Gasteiger charge is -2.43. The first kappa shape index (κ1) is 26.1. The first-order valence-electron chi connectivity index (χ1n) is 11.9. The third-order valence-corrected chi connectivity index (χ3v) is 7.35. The summed E-state index contributed by atoms with van der Waals surface area (Å²) in [5, 5.41) is 50.6. The van der Waals surface area contributed by atoms with E-state index in [1.54, 1.807) is 43.5 Å². The van der Waals surface area contributed by atoms with Crippen LogP contribution in [0.2, 0.25) is 0 Å². The fraction of sp³-hybridized carbons (Fsp3) is 0.560. The molecule has 4 aliphatic rings. The highest BCUT2D eigenvalue weighted by atomic mass is 16.8. The molecule has 0 amide bonds. The Balaban J connectivity index is 1.26. The Morgan fingerprint density at radius 3 is 2.51 bits per heavy atom. The summed E-state index contributed by atoms with van der Waals surface area (Å²) in [6, 6.07) is 7.09. The van der Waals surface area contributed by atoms with Gasteiger partial charge >= 0.3 is 5.97 Å². The van der Waals surface area contributed by atoms with E-state index in [9.17, 15) is 30.3 Å². The van der Waals surface area contributed by atoms with Crippen molar-refractivity contribution in [1.29, 1.82) is 0 Å². The summed E-state index contributed by atoms with van der Waals surface area (Å²) >= 11 is 0. The highest BCUT2D eigenvalue weighted by Gasteiger charge is 2.76. The highest BCUT2D eigenvalue weighted by molar-refractivity contribution is 5.87. The van der Waals surface area contributed by atoms with Gasteiger partial charge in [0.25, 0.3) is 0 Å². The van der Waals surface area contributed by atoms with Crippen molar-refractivity contribution in [2.24, 2.45) is 11.8 Å². The maximum Gasteiger partial charge on any atom is 0.330 e. The monoisotopic (exact) mass is 522 g/mol. The van der Waals surface area contributed by atoms with Crippen LogP contribution in [0.3, 0.4) is 0 Å². The Labute approximate surface area is 212 Å². The molecule has 5 rings (SSSR count). The van der Waals surface area contributed by atoms with Gasteiger partial charge in [-0.1, -0.05) is 12.1 Å². The summed E-state index contributed by atoms with van der Waals surface area (Å²) in [6.45, 7) is -0.802. The maximum atomic E-state index is 12.4. The molecule has 0 radical (unpaired) electrons. The Morgan fingerprint density at radius 1 is 1.05 bits per heavy atom. The van der Waals surface area contributed by atoms with Crippen LogP contribution in [0.5, 0.6) is 5.75 Å². The molecule has 0 spiro atoms. The molecule has 1 saturated carbocycles. The van der Waals surface area contributed by atoms with Gasteiger partial charge in [-0.2, -0.15) is 0 Å². The molecule has 3 aliphatic heterocycles. The van der Waals surface area contributed by atoms with Gasteiger partial charge in [-0.25, -0.2) is 4.79 Å². The van der Waals surface area contributed by atoms with Crippen LogP contribution in [0, 0.1) is 11.8 Å². The lowest BCUT2D eigenvalue weighted by molar-refractivity contribution is -0.344. The van der Waals surface area contributed by atoms with Gasteiger partial charge < -0.3 is 54.0 Å². The third kappa shape index (κ3) is 4.75. The van der Waals surface area contributed by atoms with Crippen molar-refractivity contribution < 1.29 is 58.7 Å². The molecule has 1 aromatic rings. The quantitative estimate of drug-likeness (QED) is 0.155. The van der Waals surface area contributed by atoms with Crippen LogP contribution in [0.4, 0.5) is 0 Å². The van der Waals surface area contributed by atoms with E-state index in [4.69, 9.17) is 28.4 Å². The summed E-state index contributed by atoms with van der Waals surface area (Å²) in [6.07, 6.45) is -4.21. The topological polar surface area (TPSA) is 177 Å². The van der Waals surface area contributed by atoms with Crippen molar-refractivity contribution in [2.75, 3.05) is 20.3 Å². The largest absolute Gasteiger partial charge is 0.497 e. The number of aliphatic hydroxyl groups excluding tert-OH is 5. The highest BCUT2D eigenvalue weighted by Crippen LogP contribution is 2.60. The van der Waals surface area contributed by atoms with Crippen molar-refractivity contribution in [3.05, 3.63) is 48.2 Å². The minimum atomic E-state index is -1.63. The number of esters is 1. The van der Waals surface area contributed by atoms with Crippen LogP contribution in [0.25, 0.3) is 6.08 Å². The Kier molecular flexibility index (Phi) is 7.27. The van der Waals surface area contributed by atoms with Gasteiger partial charge in [0.15, 0.2) is 6.29 Å². The molecule has 0 aromatic heterocycles. The van der Waals surface area contributed by atoms with Crippen molar-refractivity contribution >= 4 is 12.0 Å². The van der Waals surface area contributed by atoms with Gasteiger partial charge in [0.1, 0.15) is 48.5 Å². The minimum Gasteiger partial charge on any atom is -0.497 e. The Morgan fingerprint density at radius 2 is 1.81 bits per heavy atom. The molecular formula is C25H30O12. The molecule has 11 atom stereocenters. The number of carbonyl (C=O) groups excluding carboxylic acids is 1. The van der Waals surface area contributed by atoms with Crippen LogP contribution < -0.4 is 4.74 Å². The SMILES string of the molecule is COc1ccc(/C=C/C(=O)OC[C@@]23O[C@@H]2[C@H](O)[C@H]2C=CO[C@H](O[C@H]4O[C@@H](CO)[C@H](O)[C@@H](O)[C@@H]4O)[C@H]23)cc1. The molecule has 5 N–H and O–H groups in total. The molecule has 12 heteroatoms.